The lowest BCUT2D eigenvalue weighted by Gasteiger charge is -2.19. The molecular weight excluding hydrogens is 432 g/mol. The Morgan fingerprint density at radius 2 is 1.25 bits per heavy atom. The second kappa shape index (κ2) is 17.1. The van der Waals surface area contributed by atoms with Crippen LogP contribution in [0.25, 0.3) is 11.6 Å². The van der Waals surface area contributed by atoms with E-state index in [4.69, 9.17) is 0 Å². The lowest BCUT2D eigenvalue weighted by atomic mass is 9.85. The molecule has 0 radical (unpaired) electrons. The van der Waals surface area contributed by atoms with Crippen LogP contribution < -0.4 is 0 Å². The zero-order valence-electron chi connectivity index (χ0n) is 23.7. The third kappa shape index (κ3) is 10.1. The van der Waals surface area contributed by atoms with Gasteiger partial charge in [0.15, 0.2) is 0 Å². The van der Waals surface area contributed by atoms with E-state index in [-0.39, 0.29) is 0 Å². The van der Waals surface area contributed by atoms with E-state index in [1.165, 1.54) is 47.1 Å². The predicted molar refractivity (Wildman–Crippen MR) is 164 cm³/mol. The van der Waals surface area contributed by atoms with Gasteiger partial charge in [-0.1, -0.05) is 157 Å². The third-order valence-electron chi connectivity index (χ3n) is 5.53. The van der Waals surface area contributed by atoms with E-state index in [9.17, 15) is 0 Å². The molecule has 3 aromatic rings. The van der Waals surface area contributed by atoms with Crippen molar-refractivity contribution in [1.29, 1.82) is 0 Å². The van der Waals surface area contributed by atoms with Crippen molar-refractivity contribution in [2.24, 2.45) is 0 Å². The van der Waals surface area contributed by atoms with E-state index in [2.05, 4.69) is 147 Å². The maximum atomic E-state index is 4.40. The molecule has 190 valence electrons. The first kappa shape index (κ1) is 30.7. The minimum atomic E-state index is 0.959. The summed E-state index contributed by atoms with van der Waals surface area (Å²) in [4.78, 5) is 0. The van der Waals surface area contributed by atoms with Crippen molar-refractivity contribution >= 4 is 11.6 Å². The number of benzene rings is 3. The van der Waals surface area contributed by atoms with Gasteiger partial charge in [0.1, 0.15) is 0 Å². The van der Waals surface area contributed by atoms with E-state index >= 15 is 0 Å². The molecule has 3 aromatic carbocycles. The van der Waals surface area contributed by atoms with Crippen molar-refractivity contribution < 1.29 is 0 Å². The molecule has 0 aliphatic heterocycles. The first-order valence-electron chi connectivity index (χ1n) is 13.3. The molecule has 0 aliphatic carbocycles. The fraction of sp³-hybridized carbons (Fsp3) is 0.278. The molecule has 0 aliphatic rings. The molecule has 0 bridgehead atoms. The minimum Gasteiger partial charge on any atom is -0.0955 e. The Bertz CT molecular complexity index is 1120. The van der Waals surface area contributed by atoms with Crippen LogP contribution in [0.5, 0.6) is 0 Å². The van der Waals surface area contributed by atoms with Crippen LogP contribution >= 0.6 is 0 Å². The highest BCUT2D eigenvalue weighted by molar-refractivity contribution is 5.89. The van der Waals surface area contributed by atoms with Gasteiger partial charge in [0, 0.05) is 0 Å². The second-order valence-electron chi connectivity index (χ2n) is 9.19. The van der Waals surface area contributed by atoms with Crippen molar-refractivity contribution in [3.63, 3.8) is 0 Å². The van der Waals surface area contributed by atoms with Crippen LogP contribution in [0.2, 0.25) is 0 Å². The van der Waals surface area contributed by atoms with Gasteiger partial charge in [-0.25, -0.2) is 0 Å². The van der Waals surface area contributed by atoms with Crippen LogP contribution in [0.3, 0.4) is 0 Å². The summed E-state index contributed by atoms with van der Waals surface area (Å²) in [6, 6.07) is 27.5. The molecule has 0 fully saturated rings. The lowest BCUT2D eigenvalue weighted by Crippen LogP contribution is -1.99. The summed E-state index contributed by atoms with van der Waals surface area (Å²) in [6.07, 6.45) is 8.10. The molecule has 36 heavy (non-hydrogen) atoms. The van der Waals surface area contributed by atoms with Gasteiger partial charge in [-0.3, -0.25) is 0 Å². The fourth-order valence-electron chi connectivity index (χ4n) is 3.50. The molecular formula is C36H46. The van der Waals surface area contributed by atoms with E-state index in [0.29, 0.717) is 0 Å². The molecule has 0 heterocycles. The summed E-state index contributed by atoms with van der Waals surface area (Å²) < 4.78 is 0. The van der Waals surface area contributed by atoms with Crippen LogP contribution in [0.1, 0.15) is 81.7 Å². The third-order valence-corrected chi connectivity index (χ3v) is 5.53. The van der Waals surface area contributed by atoms with E-state index < -0.39 is 0 Å². The summed E-state index contributed by atoms with van der Waals surface area (Å²) in [5, 5.41) is 0. The Morgan fingerprint density at radius 3 is 1.75 bits per heavy atom. The summed E-state index contributed by atoms with van der Waals surface area (Å²) >= 11 is 0. The fourth-order valence-corrected chi connectivity index (χ4v) is 3.50. The maximum absolute atomic E-state index is 4.40. The Balaban J connectivity index is 0.000000825. The monoisotopic (exact) mass is 478 g/mol. The van der Waals surface area contributed by atoms with Crippen molar-refractivity contribution in [3.05, 3.63) is 143 Å². The number of hydrogen-bond acceptors (Lipinski definition) is 0. The summed E-state index contributed by atoms with van der Waals surface area (Å²) in [7, 11) is 0. The zero-order chi connectivity index (χ0) is 26.9. The molecule has 0 N–H and O–H groups in total. The minimum absolute atomic E-state index is 0.959. The quantitative estimate of drug-likeness (QED) is 0.296. The smallest absolute Gasteiger partial charge is 0.00279 e. The van der Waals surface area contributed by atoms with Crippen LogP contribution in [-0.4, -0.2) is 0 Å². The number of unbranched alkanes of at least 4 members (excludes halogenated alkanes) is 1. The molecule has 0 aromatic heterocycles. The molecule has 3 rings (SSSR count). The Morgan fingerprint density at radius 1 is 0.722 bits per heavy atom. The molecule has 0 atom stereocenters. The largest absolute Gasteiger partial charge is 0.0955 e. The van der Waals surface area contributed by atoms with Gasteiger partial charge in [-0.15, -0.1) is 0 Å². The van der Waals surface area contributed by atoms with Gasteiger partial charge in [0.2, 0.25) is 0 Å². The van der Waals surface area contributed by atoms with Crippen molar-refractivity contribution in [2.75, 3.05) is 0 Å². The average molecular weight is 479 g/mol. The van der Waals surface area contributed by atoms with Crippen LogP contribution in [-0.2, 0) is 0 Å². The number of rotatable bonds is 7. The van der Waals surface area contributed by atoms with Gasteiger partial charge >= 0.3 is 0 Å². The van der Waals surface area contributed by atoms with Crippen molar-refractivity contribution in [1.82, 2.24) is 0 Å². The van der Waals surface area contributed by atoms with E-state index in [1.807, 2.05) is 6.07 Å². The number of allylic oxidation sites excluding steroid dienone is 4. The average Bonchev–Trinajstić information content (AvgIpc) is 2.88. The molecule has 0 amide bonds. The van der Waals surface area contributed by atoms with Crippen molar-refractivity contribution in [2.45, 2.75) is 67.7 Å². The molecule has 0 saturated carbocycles. The number of aryl methyl sites for hydroxylation is 2. The van der Waals surface area contributed by atoms with E-state index in [0.717, 1.165) is 22.3 Å². The van der Waals surface area contributed by atoms with Gasteiger partial charge < -0.3 is 0 Å². The molecule has 0 unspecified atom stereocenters. The summed E-state index contributed by atoms with van der Waals surface area (Å²) in [6.45, 7) is 23.6. The normalized spacial score (nSPS) is 11.0. The molecule has 0 saturated heterocycles. The predicted octanol–water partition coefficient (Wildman–Crippen LogP) is 11.2. The first-order chi connectivity index (χ1) is 17.3. The number of hydrogen-bond donors (Lipinski definition) is 0. The standard InChI is InChI=1S/C29H28.C4H10.C3H8/c1-21(2)28(24(5)17-20-25-18-15-22(3)16-19-25)29(26-12-7-6-8-13-26)27-14-10-9-11-23(27)4;1-3-4-2;1-3-2/h6-20H,1,5H2,2-4H3;3-4H2,1-2H3;3H2,1-2H3/b20-17+,29-28+;;. The summed E-state index contributed by atoms with van der Waals surface area (Å²) in [5.41, 5.74) is 10.3. The summed E-state index contributed by atoms with van der Waals surface area (Å²) in [5.74, 6) is 0. The van der Waals surface area contributed by atoms with Crippen molar-refractivity contribution in [3.8, 4) is 0 Å². The van der Waals surface area contributed by atoms with Crippen LogP contribution in [0.15, 0.2) is 115 Å². The van der Waals surface area contributed by atoms with Crippen LogP contribution in [0.4, 0.5) is 0 Å². The highest BCUT2D eigenvalue weighted by Crippen LogP contribution is 2.35. The topological polar surface area (TPSA) is 0 Å². The highest BCUT2D eigenvalue weighted by Gasteiger charge is 2.15. The first-order valence-corrected chi connectivity index (χ1v) is 13.3. The lowest BCUT2D eigenvalue weighted by molar-refractivity contribution is 0.886. The van der Waals surface area contributed by atoms with Gasteiger partial charge in [0.05, 0.1) is 0 Å². The van der Waals surface area contributed by atoms with Gasteiger partial charge in [0.25, 0.3) is 0 Å². The highest BCUT2D eigenvalue weighted by atomic mass is 14.2. The Kier molecular flexibility index (Phi) is 14.6. The zero-order valence-corrected chi connectivity index (χ0v) is 23.7. The SMILES string of the molecule is C=C(C)/C(C(=C)/C=C/c1ccc(C)cc1)=C(/c1ccccc1)c1ccccc1C.CCC.CCCC. The second-order valence-corrected chi connectivity index (χ2v) is 9.19. The molecule has 0 nitrogen and oxygen atoms in total. The van der Waals surface area contributed by atoms with Gasteiger partial charge in [-0.05, 0) is 65.3 Å². The van der Waals surface area contributed by atoms with E-state index in [1.54, 1.807) is 0 Å². The van der Waals surface area contributed by atoms with Gasteiger partial charge in [-0.2, -0.15) is 0 Å². The molecule has 0 spiro atoms. The van der Waals surface area contributed by atoms with Crippen LogP contribution in [0, 0.1) is 13.8 Å². The maximum Gasteiger partial charge on any atom is -0.00279 e. The Hall–Kier alpha value is -3.38. The molecule has 0 heteroatoms. The Labute approximate surface area is 221 Å².